The Morgan fingerprint density at radius 1 is 0.733 bits per heavy atom. The van der Waals surface area contributed by atoms with Gasteiger partial charge in [-0.2, -0.15) is 0 Å². The van der Waals surface area contributed by atoms with Crippen LogP contribution >= 0.6 is 0 Å². The number of ether oxygens (including phenoxy) is 2. The van der Waals surface area contributed by atoms with Gasteiger partial charge in [0.15, 0.2) is 0 Å². The summed E-state index contributed by atoms with van der Waals surface area (Å²) in [6.45, 7) is 2.22. The van der Waals surface area contributed by atoms with Crippen LogP contribution in [0, 0.1) is 29.7 Å². The molecular formula is C22H33NO3W2Y2-4. The van der Waals surface area contributed by atoms with Crippen LogP contribution in [0.2, 0.25) is 0 Å². The Bertz CT molecular complexity index is 596. The Morgan fingerprint density at radius 2 is 1.10 bits per heavy atom. The van der Waals surface area contributed by atoms with E-state index in [4.69, 9.17) is 20.3 Å². The van der Waals surface area contributed by atoms with Gasteiger partial charge >= 0.3 is 0 Å². The first kappa shape index (κ1) is 45.1. The van der Waals surface area contributed by atoms with E-state index in [2.05, 4.69) is 6.07 Å². The van der Waals surface area contributed by atoms with Crippen LogP contribution in [-0.4, -0.2) is 31.5 Å². The van der Waals surface area contributed by atoms with Crippen LogP contribution in [0.1, 0.15) is 23.0 Å². The first-order chi connectivity index (χ1) is 10.8. The van der Waals surface area contributed by atoms with Gasteiger partial charge in [0, 0.05) is 137 Å². The molecular weight excluding hydrogens is 872 g/mol. The van der Waals surface area contributed by atoms with Crippen LogP contribution in [-0.2, 0) is 108 Å². The largest absolute Gasteiger partial charge is 0.493 e. The predicted molar refractivity (Wildman–Crippen MR) is 111 cm³/mol. The standard InChI is InChI=1S/C9H11NO.C9H10O2.4CH3.2W.2Y/c2*10-5-7-6-11-9-4-2-1-3-8(7)9;;;;;;;;/h1-4,7H,5-6,10H2;1-4,7,10H,5-6H2;4*1H3;;;;/q;;4*-1;;;;. The SMILES string of the molecule is NCC1COc2ccccc21.OCC1COc2ccccc21.[CH3-].[CH3-].[CH3-].[CH3-].[W].[W].[Y].[Y]. The number of hydrogen-bond donors (Lipinski definition) is 2. The van der Waals surface area contributed by atoms with Gasteiger partial charge in [0.2, 0.25) is 0 Å². The van der Waals surface area contributed by atoms with E-state index in [0.717, 1.165) is 23.7 Å². The molecule has 0 spiro atoms. The number of hydrogen-bond acceptors (Lipinski definition) is 4. The molecule has 2 unspecified atom stereocenters. The van der Waals surface area contributed by atoms with E-state index in [-0.39, 0.29) is 150 Å². The quantitative estimate of drug-likeness (QED) is 0.447. The predicted octanol–water partition coefficient (Wildman–Crippen LogP) is 4.07. The monoisotopic (exact) mass is 905 g/mol. The fourth-order valence-electron chi connectivity index (χ4n) is 2.80. The summed E-state index contributed by atoms with van der Waals surface area (Å²) >= 11 is 0. The molecule has 0 saturated heterocycles. The molecule has 4 rings (SSSR count). The molecule has 2 aromatic carbocycles. The molecule has 8 heteroatoms. The Labute approximate surface area is 263 Å². The van der Waals surface area contributed by atoms with Gasteiger partial charge < -0.3 is 50.0 Å². The molecule has 0 fully saturated rings. The molecule has 0 amide bonds. The molecule has 166 valence electrons. The molecule has 2 heterocycles. The number of nitrogens with two attached hydrogens (primary N) is 1. The molecule has 2 aliphatic rings. The molecule has 0 bridgehead atoms. The van der Waals surface area contributed by atoms with Crippen LogP contribution in [0.3, 0.4) is 0 Å². The van der Waals surface area contributed by atoms with E-state index in [1.54, 1.807) is 0 Å². The van der Waals surface area contributed by atoms with Crippen LogP contribution in [0.25, 0.3) is 0 Å². The zero-order chi connectivity index (χ0) is 15.4. The third-order valence-corrected chi connectivity index (χ3v) is 4.10. The van der Waals surface area contributed by atoms with Gasteiger partial charge in [0.25, 0.3) is 0 Å². The minimum Gasteiger partial charge on any atom is -0.493 e. The zero-order valence-corrected chi connectivity index (χ0v) is 30.0. The van der Waals surface area contributed by atoms with Crippen molar-refractivity contribution in [3.05, 3.63) is 89.4 Å². The number of para-hydroxylation sites is 2. The van der Waals surface area contributed by atoms with Crippen LogP contribution in [0.5, 0.6) is 11.5 Å². The van der Waals surface area contributed by atoms with Crippen LogP contribution in [0.4, 0.5) is 0 Å². The zero-order valence-electron chi connectivity index (χ0n) is 18.4. The molecule has 2 radical (unpaired) electrons. The van der Waals surface area contributed by atoms with Gasteiger partial charge in [-0.1, -0.05) is 36.4 Å². The molecule has 0 saturated carbocycles. The van der Waals surface area contributed by atoms with Gasteiger partial charge in [-0.3, -0.25) is 0 Å². The van der Waals surface area contributed by atoms with E-state index in [9.17, 15) is 0 Å². The normalized spacial score (nSPS) is 15.4. The maximum absolute atomic E-state index is 8.93. The minimum absolute atomic E-state index is 0. The van der Waals surface area contributed by atoms with Crippen molar-refractivity contribution in [2.24, 2.45) is 5.73 Å². The summed E-state index contributed by atoms with van der Waals surface area (Å²) in [6, 6.07) is 15.9. The fraction of sp³-hybridized carbons (Fsp3) is 0.273. The molecule has 30 heavy (non-hydrogen) atoms. The smallest absolute Gasteiger partial charge is 0.123 e. The molecule has 0 aromatic heterocycles. The number of aliphatic hydroxyl groups excluding tert-OH is 1. The van der Waals surface area contributed by atoms with Gasteiger partial charge in [0.05, 0.1) is 19.8 Å². The van der Waals surface area contributed by atoms with Crippen LogP contribution < -0.4 is 15.2 Å². The first-order valence-corrected chi connectivity index (χ1v) is 7.58. The van der Waals surface area contributed by atoms with Gasteiger partial charge in [-0.25, -0.2) is 0 Å². The molecule has 2 atom stereocenters. The fourth-order valence-corrected chi connectivity index (χ4v) is 2.80. The van der Waals surface area contributed by atoms with E-state index in [0.29, 0.717) is 19.1 Å². The van der Waals surface area contributed by atoms with E-state index in [1.165, 1.54) is 5.56 Å². The van der Waals surface area contributed by atoms with Crippen molar-refractivity contribution in [2.75, 3.05) is 26.4 Å². The topological polar surface area (TPSA) is 64.7 Å². The number of benzene rings is 2. The van der Waals surface area contributed by atoms with Crippen molar-refractivity contribution in [3.8, 4) is 11.5 Å². The number of fused-ring (bicyclic) bond motifs is 2. The number of rotatable bonds is 2. The van der Waals surface area contributed by atoms with E-state index in [1.807, 2.05) is 42.5 Å². The second-order valence-electron chi connectivity index (χ2n) is 5.51. The summed E-state index contributed by atoms with van der Waals surface area (Å²) in [6.07, 6.45) is 0. The second-order valence-corrected chi connectivity index (χ2v) is 5.51. The van der Waals surface area contributed by atoms with Crippen molar-refractivity contribution in [2.45, 2.75) is 11.8 Å². The summed E-state index contributed by atoms with van der Waals surface area (Å²) in [7, 11) is 0. The average Bonchev–Trinajstić information content (AvgIpc) is 3.19. The summed E-state index contributed by atoms with van der Waals surface area (Å²) in [5, 5.41) is 8.93. The van der Waals surface area contributed by atoms with Gasteiger partial charge in [-0.05, 0) is 12.1 Å². The van der Waals surface area contributed by atoms with E-state index < -0.39 is 0 Å². The van der Waals surface area contributed by atoms with Gasteiger partial charge in [-0.15, -0.1) is 0 Å². The van der Waals surface area contributed by atoms with Crippen molar-refractivity contribution in [3.63, 3.8) is 0 Å². The summed E-state index contributed by atoms with van der Waals surface area (Å²) in [5.41, 5.74) is 7.96. The first-order valence-electron chi connectivity index (χ1n) is 7.58. The Balaban J connectivity index is -0.0000000758. The van der Waals surface area contributed by atoms with E-state index >= 15 is 0 Å². The van der Waals surface area contributed by atoms with Crippen molar-refractivity contribution in [1.29, 1.82) is 0 Å². The molecule has 3 N–H and O–H groups in total. The van der Waals surface area contributed by atoms with Crippen molar-refractivity contribution >= 4 is 0 Å². The molecule has 2 aliphatic heterocycles. The Hall–Kier alpha value is 1.54. The third kappa shape index (κ3) is 11.6. The molecule has 4 nitrogen and oxygen atoms in total. The number of aliphatic hydroxyl groups is 1. The van der Waals surface area contributed by atoms with Crippen LogP contribution in [0.15, 0.2) is 48.5 Å². The Kier molecular flexibility index (Phi) is 35.6. The third-order valence-electron chi connectivity index (χ3n) is 4.10. The molecule has 0 aliphatic carbocycles. The Morgan fingerprint density at radius 3 is 1.50 bits per heavy atom. The van der Waals surface area contributed by atoms with Crippen molar-refractivity contribution < 1.29 is 122 Å². The molecule has 2 aromatic rings. The average molecular weight is 905 g/mol. The minimum atomic E-state index is 0. The maximum atomic E-state index is 8.93. The summed E-state index contributed by atoms with van der Waals surface area (Å²) < 4.78 is 10.8. The maximum Gasteiger partial charge on any atom is 0.123 e. The summed E-state index contributed by atoms with van der Waals surface area (Å²) in [5.74, 6) is 2.52. The van der Waals surface area contributed by atoms with Gasteiger partial charge in [0.1, 0.15) is 11.5 Å². The van der Waals surface area contributed by atoms with Crippen molar-refractivity contribution in [1.82, 2.24) is 0 Å². The summed E-state index contributed by atoms with van der Waals surface area (Å²) in [4.78, 5) is 0. The second kappa shape index (κ2) is 23.7.